The summed E-state index contributed by atoms with van der Waals surface area (Å²) in [5, 5.41) is 6.90. The maximum Gasteiger partial charge on any atom is 0.274 e. The maximum atomic E-state index is 12.5. The molecule has 1 aromatic carbocycles. The molecular formula is C15H14N4O3. The molecule has 1 amide bonds. The summed E-state index contributed by atoms with van der Waals surface area (Å²) < 4.78 is 11.9. The van der Waals surface area contributed by atoms with Gasteiger partial charge < -0.3 is 14.8 Å². The molecule has 0 fully saturated rings. The third-order valence-electron chi connectivity index (χ3n) is 3.18. The van der Waals surface area contributed by atoms with Gasteiger partial charge in [-0.05, 0) is 18.2 Å². The minimum absolute atomic E-state index is 0.306. The Morgan fingerprint density at radius 3 is 2.77 bits per heavy atom. The highest BCUT2D eigenvalue weighted by molar-refractivity contribution is 6.04. The van der Waals surface area contributed by atoms with Crippen molar-refractivity contribution in [3.63, 3.8) is 0 Å². The first-order chi connectivity index (χ1) is 10.7. The number of aromatic nitrogens is 3. The van der Waals surface area contributed by atoms with E-state index < -0.39 is 0 Å². The first-order valence-corrected chi connectivity index (χ1v) is 6.55. The van der Waals surface area contributed by atoms with E-state index in [4.69, 9.17) is 9.47 Å². The summed E-state index contributed by atoms with van der Waals surface area (Å²) in [7, 11) is 3.10. The van der Waals surface area contributed by atoms with Crippen molar-refractivity contribution in [3.8, 4) is 11.5 Å². The molecule has 0 saturated heterocycles. The van der Waals surface area contributed by atoms with E-state index in [2.05, 4.69) is 15.4 Å². The van der Waals surface area contributed by atoms with Crippen LogP contribution in [0.25, 0.3) is 5.65 Å². The van der Waals surface area contributed by atoms with Crippen molar-refractivity contribution in [2.45, 2.75) is 0 Å². The van der Waals surface area contributed by atoms with E-state index in [0.29, 0.717) is 28.5 Å². The average Bonchev–Trinajstić information content (AvgIpc) is 3.03. The maximum absolute atomic E-state index is 12.5. The third-order valence-corrected chi connectivity index (χ3v) is 3.18. The van der Waals surface area contributed by atoms with Crippen LogP contribution in [-0.4, -0.2) is 34.7 Å². The summed E-state index contributed by atoms with van der Waals surface area (Å²) in [6, 6.07) is 8.49. The van der Waals surface area contributed by atoms with Gasteiger partial charge in [0.25, 0.3) is 5.91 Å². The molecule has 2 aromatic heterocycles. The molecule has 2 heterocycles. The fourth-order valence-corrected chi connectivity index (χ4v) is 2.09. The molecule has 22 heavy (non-hydrogen) atoms. The number of carbonyl (C=O) groups excluding carboxylic acids is 1. The number of nitrogens with zero attached hydrogens (tertiary/aromatic N) is 3. The van der Waals surface area contributed by atoms with Crippen LogP contribution < -0.4 is 14.8 Å². The average molecular weight is 298 g/mol. The number of methoxy groups -OCH3 is 2. The van der Waals surface area contributed by atoms with Crippen molar-refractivity contribution < 1.29 is 14.3 Å². The number of rotatable bonds is 4. The van der Waals surface area contributed by atoms with Gasteiger partial charge in [0.1, 0.15) is 17.2 Å². The lowest BCUT2D eigenvalue weighted by molar-refractivity contribution is 0.101. The smallest absolute Gasteiger partial charge is 0.274 e. The molecule has 0 saturated carbocycles. The molecule has 0 bridgehead atoms. The number of hydrogen-bond donors (Lipinski definition) is 1. The fourth-order valence-electron chi connectivity index (χ4n) is 2.09. The predicted octanol–water partition coefficient (Wildman–Crippen LogP) is 2.00. The van der Waals surface area contributed by atoms with Crippen molar-refractivity contribution in [3.05, 3.63) is 48.4 Å². The second-order valence-corrected chi connectivity index (χ2v) is 4.45. The summed E-state index contributed by atoms with van der Waals surface area (Å²) in [6.07, 6.45) is 3.16. The summed E-state index contributed by atoms with van der Waals surface area (Å²) >= 11 is 0. The lowest BCUT2D eigenvalue weighted by atomic mass is 10.2. The molecule has 7 heteroatoms. The van der Waals surface area contributed by atoms with Crippen molar-refractivity contribution in [1.29, 1.82) is 0 Å². The predicted molar refractivity (Wildman–Crippen MR) is 80.5 cm³/mol. The Morgan fingerprint density at radius 1 is 1.14 bits per heavy atom. The van der Waals surface area contributed by atoms with Crippen LogP contribution in [0.4, 0.5) is 5.69 Å². The van der Waals surface area contributed by atoms with E-state index in [0.717, 1.165) is 0 Å². The summed E-state index contributed by atoms with van der Waals surface area (Å²) in [5.74, 6) is 0.853. The van der Waals surface area contributed by atoms with Crippen molar-refractivity contribution in [2.75, 3.05) is 19.5 Å². The van der Waals surface area contributed by atoms with Gasteiger partial charge in [-0.1, -0.05) is 0 Å². The molecule has 3 aromatic rings. The lowest BCUT2D eigenvalue weighted by Crippen LogP contribution is -2.17. The summed E-state index contributed by atoms with van der Waals surface area (Å²) in [6.45, 7) is 0. The van der Waals surface area contributed by atoms with Crippen molar-refractivity contribution >= 4 is 17.2 Å². The molecule has 3 rings (SSSR count). The number of carbonyl (C=O) groups is 1. The minimum Gasteiger partial charge on any atom is -0.497 e. The molecular weight excluding hydrogens is 284 g/mol. The lowest BCUT2D eigenvalue weighted by Gasteiger charge is -2.12. The monoisotopic (exact) mass is 298 g/mol. The Hall–Kier alpha value is -3.09. The Kier molecular flexibility index (Phi) is 3.61. The molecule has 1 N–H and O–H groups in total. The van der Waals surface area contributed by atoms with Crippen molar-refractivity contribution in [2.24, 2.45) is 0 Å². The van der Waals surface area contributed by atoms with Gasteiger partial charge in [-0.15, -0.1) is 0 Å². The van der Waals surface area contributed by atoms with Gasteiger partial charge >= 0.3 is 0 Å². The van der Waals surface area contributed by atoms with Gasteiger partial charge in [0.15, 0.2) is 5.65 Å². The van der Waals surface area contributed by atoms with Crippen LogP contribution in [0.15, 0.2) is 42.7 Å². The molecule has 0 aliphatic rings. The second kappa shape index (κ2) is 5.72. The standard InChI is InChI=1S/C15H14N4O3/c1-21-10-3-4-11(13(9-10)22-2)18-15(20)12-5-7-16-14-6-8-17-19(12)14/h3-9H,1-2H3,(H,18,20). The van der Waals surface area contributed by atoms with E-state index in [1.807, 2.05) is 0 Å². The zero-order chi connectivity index (χ0) is 15.5. The van der Waals surface area contributed by atoms with E-state index in [1.165, 1.54) is 11.6 Å². The zero-order valence-corrected chi connectivity index (χ0v) is 12.1. The molecule has 112 valence electrons. The van der Waals surface area contributed by atoms with Crippen LogP contribution >= 0.6 is 0 Å². The number of hydrogen-bond acceptors (Lipinski definition) is 5. The molecule has 0 spiro atoms. The van der Waals surface area contributed by atoms with Crippen LogP contribution in [0.2, 0.25) is 0 Å². The van der Waals surface area contributed by atoms with Crippen LogP contribution in [0.3, 0.4) is 0 Å². The van der Waals surface area contributed by atoms with Gasteiger partial charge in [-0.2, -0.15) is 5.10 Å². The van der Waals surface area contributed by atoms with Crippen LogP contribution in [0.1, 0.15) is 10.5 Å². The first kappa shape index (κ1) is 13.9. The van der Waals surface area contributed by atoms with Crippen LogP contribution in [-0.2, 0) is 0 Å². The Bertz CT molecular complexity index is 829. The Morgan fingerprint density at radius 2 is 2.00 bits per heavy atom. The summed E-state index contributed by atoms with van der Waals surface area (Å²) in [5.41, 5.74) is 1.53. The SMILES string of the molecule is COc1ccc(NC(=O)c2ccnc3ccnn23)c(OC)c1. The molecule has 7 nitrogen and oxygen atoms in total. The van der Waals surface area contributed by atoms with Gasteiger partial charge in [-0.3, -0.25) is 4.79 Å². The largest absolute Gasteiger partial charge is 0.497 e. The number of fused-ring (bicyclic) bond motifs is 1. The molecule has 0 aliphatic carbocycles. The Labute approximate surface area is 126 Å². The third kappa shape index (κ3) is 2.44. The quantitative estimate of drug-likeness (QED) is 0.797. The number of ether oxygens (including phenoxy) is 2. The van der Waals surface area contributed by atoms with Gasteiger partial charge in [0, 0.05) is 18.3 Å². The van der Waals surface area contributed by atoms with Gasteiger partial charge in [0.2, 0.25) is 0 Å². The van der Waals surface area contributed by atoms with Gasteiger partial charge in [0.05, 0.1) is 26.1 Å². The van der Waals surface area contributed by atoms with E-state index in [9.17, 15) is 4.79 Å². The Balaban J connectivity index is 1.93. The second-order valence-electron chi connectivity index (χ2n) is 4.45. The van der Waals surface area contributed by atoms with Crippen LogP contribution in [0, 0.1) is 0 Å². The molecule has 0 aliphatic heterocycles. The molecule has 0 atom stereocenters. The highest BCUT2D eigenvalue weighted by Gasteiger charge is 2.14. The van der Waals surface area contributed by atoms with Crippen molar-refractivity contribution in [1.82, 2.24) is 14.6 Å². The molecule has 0 radical (unpaired) electrons. The van der Waals surface area contributed by atoms with E-state index >= 15 is 0 Å². The van der Waals surface area contributed by atoms with E-state index in [1.54, 1.807) is 49.8 Å². The number of amides is 1. The van der Waals surface area contributed by atoms with E-state index in [-0.39, 0.29) is 5.91 Å². The zero-order valence-electron chi connectivity index (χ0n) is 12.1. The topological polar surface area (TPSA) is 77.8 Å². The van der Waals surface area contributed by atoms with Gasteiger partial charge in [-0.25, -0.2) is 9.50 Å². The van der Waals surface area contributed by atoms with Crippen LogP contribution in [0.5, 0.6) is 11.5 Å². The fraction of sp³-hybridized carbons (Fsp3) is 0.133. The summed E-state index contributed by atoms with van der Waals surface area (Å²) in [4.78, 5) is 16.6. The normalized spacial score (nSPS) is 10.5. The highest BCUT2D eigenvalue weighted by atomic mass is 16.5. The first-order valence-electron chi connectivity index (χ1n) is 6.55. The minimum atomic E-state index is -0.306. The highest BCUT2D eigenvalue weighted by Crippen LogP contribution is 2.29. The number of nitrogens with one attached hydrogen (secondary N) is 1. The number of anilines is 1. The number of benzene rings is 1. The molecule has 0 unspecified atom stereocenters.